The third-order valence-electron chi connectivity index (χ3n) is 4.16. The van der Waals surface area contributed by atoms with Crippen LogP contribution in [0.2, 0.25) is 0 Å². The summed E-state index contributed by atoms with van der Waals surface area (Å²) in [5, 5.41) is 3.47. The van der Waals surface area contributed by atoms with Gasteiger partial charge in [-0.25, -0.2) is 0 Å². The number of nitrogens with one attached hydrogen (secondary N) is 1. The maximum Gasteiger partial charge on any atom is 0.240 e. The molecule has 0 aromatic carbocycles. The van der Waals surface area contributed by atoms with Gasteiger partial charge in [0.05, 0.1) is 6.04 Å². The highest BCUT2D eigenvalue weighted by Crippen LogP contribution is 2.35. The van der Waals surface area contributed by atoms with Gasteiger partial charge in [-0.05, 0) is 38.5 Å². The Morgan fingerprint density at radius 2 is 2.06 bits per heavy atom. The molecule has 1 N–H and O–H groups in total. The molecule has 2 unspecified atom stereocenters. The smallest absolute Gasteiger partial charge is 0.240 e. The molecule has 3 rings (SSSR count). The third kappa shape index (κ3) is 2.24. The first-order chi connectivity index (χ1) is 7.74. The summed E-state index contributed by atoms with van der Waals surface area (Å²) in [7, 11) is 0. The summed E-state index contributed by atoms with van der Waals surface area (Å²) in [5.74, 6) is 1.28. The molecule has 1 saturated heterocycles. The van der Waals surface area contributed by atoms with Gasteiger partial charge in [0.1, 0.15) is 0 Å². The van der Waals surface area contributed by atoms with Crippen LogP contribution in [0.15, 0.2) is 0 Å². The molecule has 90 valence electrons. The van der Waals surface area contributed by atoms with E-state index in [1.807, 2.05) is 0 Å². The molecule has 3 aliphatic rings. The van der Waals surface area contributed by atoms with E-state index in [0.29, 0.717) is 18.0 Å². The molecule has 0 aromatic heterocycles. The molecule has 16 heavy (non-hydrogen) atoms. The molecule has 2 saturated carbocycles. The van der Waals surface area contributed by atoms with Crippen LogP contribution in [0.4, 0.5) is 0 Å². The van der Waals surface area contributed by atoms with E-state index in [1.165, 1.54) is 32.1 Å². The fraction of sp³-hybridized carbons (Fsp3) is 0.923. The lowest BCUT2D eigenvalue weighted by Gasteiger charge is -2.25. The zero-order valence-electron chi connectivity index (χ0n) is 10.1. The van der Waals surface area contributed by atoms with Crippen molar-refractivity contribution in [2.45, 2.75) is 63.6 Å². The summed E-state index contributed by atoms with van der Waals surface area (Å²) in [5.41, 5.74) is 0. The predicted octanol–water partition coefficient (Wildman–Crippen LogP) is 1.53. The molecule has 2 atom stereocenters. The summed E-state index contributed by atoms with van der Waals surface area (Å²) < 4.78 is 0. The summed E-state index contributed by atoms with van der Waals surface area (Å²) in [4.78, 5) is 14.3. The minimum atomic E-state index is 0.133. The van der Waals surface area contributed by atoms with Gasteiger partial charge in [0, 0.05) is 18.6 Å². The maximum atomic E-state index is 12.2. The van der Waals surface area contributed by atoms with Crippen LogP contribution in [0, 0.1) is 5.92 Å². The Kier molecular flexibility index (Phi) is 2.66. The highest BCUT2D eigenvalue weighted by atomic mass is 16.2. The molecule has 3 nitrogen and oxygen atoms in total. The second kappa shape index (κ2) is 4.02. The molecular weight excluding hydrogens is 200 g/mol. The van der Waals surface area contributed by atoms with Crippen molar-refractivity contribution < 1.29 is 4.79 Å². The maximum absolute atomic E-state index is 12.2. The number of carbonyl (C=O) groups is 1. The average molecular weight is 222 g/mol. The molecule has 1 amide bonds. The molecule has 1 aliphatic heterocycles. The molecule has 0 radical (unpaired) electrons. The van der Waals surface area contributed by atoms with Gasteiger partial charge in [0.2, 0.25) is 5.91 Å². The predicted molar refractivity (Wildman–Crippen MR) is 63.1 cm³/mol. The number of rotatable bonds is 5. The van der Waals surface area contributed by atoms with Gasteiger partial charge >= 0.3 is 0 Å². The molecule has 0 aromatic rings. The number of carbonyl (C=O) groups excluding carboxylic acids is 1. The molecule has 3 heteroatoms. The minimum absolute atomic E-state index is 0.133. The molecule has 3 fully saturated rings. The highest BCUT2D eigenvalue weighted by molar-refractivity contribution is 5.84. The Hall–Kier alpha value is -0.570. The van der Waals surface area contributed by atoms with Gasteiger partial charge in [0.15, 0.2) is 0 Å². The van der Waals surface area contributed by atoms with Crippen LogP contribution in [0.5, 0.6) is 0 Å². The Bertz CT molecular complexity index is 284. The highest BCUT2D eigenvalue weighted by Gasteiger charge is 2.38. The van der Waals surface area contributed by atoms with Gasteiger partial charge in [-0.1, -0.05) is 12.8 Å². The van der Waals surface area contributed by atoms with E-state index >= 15 is 0 Å². The monoisotopic (exact) mass is 222 g/mol. The van der Waals surface area contributed by atoms with Crippen molar-refractivity contribution in [3.05, 3.63) is 0 Å². The second-order valence-corrected chi connectivity index (χ2v) is 5.84. The van der Waals surface area contributed by atoms with Crippen molar-refractivity contribution in [3.63, 3.8) is 0 Å². The fourth-order valence-corrected chi connectivity index (χ4v) is 2.79. The third-order valence-corrected chi connectivity index (χ3v) is 4.16. The summed E-state index contributed by atoms with van der Waals surface area (Å²) in [6, 6.07) is 1.24. The van der Waals surface area contributed by atoms with E-state index in [9.17, 15) is 4.79 Å². The summed E-state index contributed by atoms with van der Waals surface area (Å²) in [6.45, 7) is 3.19. The standard InChI is InChI=1S/C13H22N2O/c1-9(8-10-2-3-10)15-7-6-12(13(15)16)14-11-4-5-11/h9-12,14H,2-8H2,1H3. The number of hydrogen-bond acceptors (Lipinski definition) is 2. The first-order valence-electron chi connectivity index (χ1n) is 6.80. The topological polar surface area (TPSA) is 32.3 Å². The molecule has 1 heterocycles. The molecule has 0 bridgehead atoms. The number of amides is 1. The molecular formula is C13H22N2O. The zero-order valence-corrected chi connectivity index (χ0v) is 10.1. The summed E-state index contributed by atoms with van der Waals surface area (Å²) >= 11 is 0. The Morgan fingerprint density at radius 1 is 1.31 bits per heavy atom. The van der Waals surface area contributed by atoms with Gasteiger partial charge in [0.25, 0.3) is 0 Å². The lowest BCUT2D eigenvalue weighted by Crippen LogP contribution is -2.42. The van der Waals surface area contributed by atoms with Crippen LogP contribution in [0.25, 0.3) is 0 Å². The number of likely N-dealkylation sites (tertiary alicyclic amines) is 1. The van der Waals surface area contributed by atoms with Gasteiger partial charge in [-0.3, -0.25) is 4.79 Å². The number of hydrogen-bond donors (Lipinski definition) is 1. The van der Waals surface area contributed by atoms with Crippen molar-refractivity contribution in [2.24, 2.45) is 5.92 Å². The SMILES string of the molecule is CC(CC1CC1)N1CCC(NC2CC2)C1=O. The van der Waals surface area contributed by atoms with E-state index in [4.69, 9.17) is 0 Å². The lowest BCUT2D eigenvalue weighted by atomic mass is 10.1. The Balaban J connectivity index is 1.52. The van der Waals surface area contributed by atoms with E-state index < -0.39 is 0 Å². The van der Waals surface area contributed by atoms with E-state index in [-0.39, 0.29) is 6.04 Å². The fourth-order valence-electron chi connectivity index (χ4n) is 2.79. The van der Waals surface area contributed by atoms with Crippen LogP contribution in [0.1, 0.15) is 45.4 Å². The van der Waals surface area contributed by atoms with Crippen LogP contribution in [0.3, 0.4) is 0 Å². The first-order valence-corrected chi connectivity index (χ1v) is 6.80. The van der Waals surface area contributed by atoms with Crippen molar-refractivity contribution in [3.8, 4) is 0 Å². The first kappa shape index (κ1) is 10.6. The van der Waals surface area contributed by atoms with E-state index in [0.717, 1.165) is 18.9 Å². The van der Waals surface area contributed by atoms with Gasteiger partial charge < -0.3 is 10.2 Å². The molecule has 0 spiro atoms. The van der Waals surface area contributed by atoms with Gasteiger partial charge in [-0.15, -0.1) is 0 Å². The van der Waals surface area contributed by atoms with E-state index in [2.05, 4.69) is 17.1 Å². The van der Waals surface area contributed by atoms with Crippen molar-refractivity contribution in [1.29, 1.82) is 0 Å². The van der Waals surface area contributed by atoms with Crippen LogP contribution >= 0.6 is 0 Å². The summed E-state index contributed by atoms with van der Waals surface area (Å²) in [6.07, 6.45) is 7.54. The largest absolute Gasteiger partial charge is 0.339 e. The van der Waals surface area contributed by atoms with Crippen LogP contribution in [-0.4, -0.2) is 35.5 Å². The average Bonchev–Trinajstić information content (AvgIpc) is 3.12. The second-order valence-electron chi connectivity index (χ2n) is 5.84. The quantitative estimate of drug-likeness (QED) is 0.765. The van der Waals surface area contributed by atoms with Crippen LogP contribution < -0.4 is 5.32 Å². The van der Waals surface area contributed by atoms with Crippen molar-refractivity contribution in [1.82, 2.24) is 10.2 Å². The van der Waals surface area contributed by atoms with Gasteiger partial charge in [-0.2, -0.15) is 0 Å². The van der Waals surface area contributed by atoms with E-state index in [1.54, 1.807) is 0 Å². The minimum Gasteiger partial charge on any atom is -0.339 e. The van der Waals surface area contributed by atoms with Crippen molar-refractivity contribution >= 4 is 5.91 Å². The Labute approximate surface area is 97.6 Å². The van der Waals surface area contributed by atoms with Crippen molar-refractivity contribution in [2.75, 3.05) is 6.54 Å². The lowest BCUT2D eigenvalue weighted by molar-refractivity contribution is -0.131. The zero-order chi connectivity index (χ0) is 11.1. The normalized spacial score (nSPS) is 32.2. The molecule has 2 aliphatic carbocycles. The Morgan fingerprint density at radius 3 is 2.69 bits per heavy atom. The number of nitrogens with zero attached hydrogens (tertiary/aromatic N) is 1. The van der Waals surface area contributed by atoms with Crippen LogP contribution in [-0.2, 0) is 4.79 Å².